The van der Waals surface area contributed by atoms with Crippen LogP contribution >= 0.6 is 0 Å². The van der Waals surface area contributed by atoms with Gasteiger partial charge in [-0.1, -0.05) is 12.1 Å². The van der Waals surface area contributed by atoms with Gasteiger partial charge in [-0.2, -0.15) is 0 Å². The molecular formula is C13H17FN2O. The number of hydrogen-bond acceptors (Lipinski definition) is 2. The van der Waals surface area contributed by atoms with E-state index < -0.39 is 0 Å². The van der Waals surface area contributed by atoms with Crippen molar-refractivity contribution in [2.45, 2.75) is 12.8 Å². The van der Waals surface area contributed by atoms with Gasteiger partial charge >= 0.3 is 0 Å². The van der Waals surface area contributed by atoms with Crippen LogP contribution in [0, 0.1) is 11.7 Å². The molecule has 1 fully saturated rings. The van der Waals surface area contributed by atoms with Crippen LogP contribution in [0.1, 0.15) is 18.4 Å². The Hall–Kier alpha value is -1.42. The number of benzene rings is 1. The van der Waals surface area contributed by atoms with E-state index >= 15 is 0 Å². The summed E-state index contributed by atoms with van der Waals surface area (Å²) in [6, 6.07) is 6.20. The summed E-state index contributed by atoms with van der Waals surface area (Å²) in [7, 11) is 0. The lowest BCUT2D eigenvalue weighted by atomic mass is 9.99. The van der Waals surface area contributed by atoms with Crippen LogP contribution in [0.2, 0.25) is 0 Å². The highest BCUT2D eigenvalue weighted by Gasteiger charge is 2.20. The number of amides is 1. The van der Waals surface area contributed by atoms with Gasteiger partial charge in [-0.15, -0.1) is 0 Å². The zero-order valence-corrected chi connectivity index (χ0v) is 9.87. The van der Waals surface area contributed by atoms with Gasteiger partial charge in [0, 0.05) is 25.6 Å². The number of rotatable bonds is 4. The molecule has 4 heteroatoms. The van der Waals surface area contributed by atoms with Crippen molar-refractivity contribution >= 4 is 5.91 Å². The van der Waals surface area contributed by atoms with Gasteiger partial charge in [0.1, 0.15) is 5.82 Å². The molecule has 1 aliphatic heterocycles. The predicted octanol–water partition coefficient (Wildman–Crippen LogP) is 1.26. The molecule has 1 aromatic carbocycles. The van der Waals surface area contributed by atoms with Crippen molar-refractivity contribution in [1.29, 1.82) is 0 Å². The highest BCUT2D eigenvalue weighted by molar-refractivity contribution is 5.83. The van der Waals surface area contributed by atoms with Gasteiger partial charge in [0.25, 0.3) is 0 Å². The molecule has 1 atom stereocenters. The lowest BCUT2D eigenvalue weighted by Gasteiger charge is -2.27. The molecule has 1 amide bonds. The fourth-order valence-electron chi connectivity index (χ4n) is 1.82. The Balaban J connectivity index is 1.89. The first kappa shape index (κ1) is 12.0. The smallest absolute Gasteiger partial charge is 0.227 e. The molecule has 2 N–H and O–H groups in total. The maximum Gasteiger partial charge on any atom is 0.227 e. The summed E-state index contributed by atoms with van der Waals surface area (Å²) in [4.78, 5) is 11.8. The van der Waals surface area contributed by atoms with Gasteiger partial charge in [0.05, 0.1) is 5.92 Å². The summed E-state index contributed by atoms with van der Waals surface area (Å²) in [6.07, 6.45) is 0. The molecular weight excluding hydrogens is 219 g/mol. The van der Waals surface area contributed by atoms with E-state index in [0.717, 1.165) is 13.1 Å². The Labute approximate surface area is 100 Å². The van der Waals surface area contributed by atoms with Gasteiger partial charge in [-0.05, 0) is 24.6 Å². The lowest BCUT2D eigenvalue weighted by Crippen LogP contribution is -2.48. The Morgan fingerprint density at radius 3 is 2.94 bits per heavy atom. The second-order valence-electron chi connectivity index (χ2n) is 4.55. The second kappa shape index (κ2) is 5.27. The van der Waals surface area contributed by atoms with Crippen molar-refractivity contribution in [1.82, 2.24) is 10.6 Å². The molecule has 92 valence electrons. The van der Waals surface area contributed by atoms with Crippen molar-refractivity contribution in [3.63, 3.8) is 0 Å². The van der Waals surface area contributed by atoms with Crippen LogP contribution in [0.15, 0.2) is 24.3 Å². The van der Waals surface area contributed by atoms with Gasteiger partial charge < -0.3 is 10.6 Å². The number of nitrogens with one attached hydrogen (secondary N) is 2. The van der Waals surface area contributed by atoms with Crippen molar-refractivity contribution < 1.29 is 9.18 Å². The average Bonchev–Trinajstić information content (AvgIpc) is 2.25. The minimum Gasteiger partial charge on any atom is -0.355 e. The monoisotopic (exact) mass is 236 g/mol. The molecule has 17 heavy (non-hydrogen) atoms. The third-order valence-electron chi connectivity index (χ3n) is 3.17. The first-order valence-corrected chi connectivity index (χ1v) is 5.90. The average molecular weight is 236 g/mol. The molecule has 0 aliphatic carbocycles. The Kier molecular flexibility index (Phi) is 3.74. The molecule has 0 radical (unpaired) electrons. The van der Waals surface area contributed by atoms with Gasteiger partial charge in [0.15, 0.2) is 0 Å². The summed E-state index contributed by atoms with van der Waals surface area (Å²) in [5.41, 5.74) is 0.717. The molecule has 0 saturated carbocycles. The van der Waals surface area contributed by atoms with E-state index in [0.29, 0.717) is 18.0 Å². The molecule has 2 rings (SSSR count). The van der Waals surface area contributed by atoms with Crippen LogP contribution in [0.25, 0.3) is 0 Å². The standard InChI is InChI=1S/C13H17FN2O/c1-9(11-3-2-4-12(14)5-11)13(17)16-8-10-6-15-7-10/h2-5,9-10,15H,6-8H2,1H3,(H,16,17). The Morgan fingerprint density at radius 2 is 2.35 bits per heavy atom. The highest BCUT2D eigenvalue weighted by Crippen LogP contribution is 2.16. The van der Waals surface area contributed by atoms with E-state index in [1.165, 1.54) is 12.1 Å². The Bertz CT molecular complexity index is 404. The lowest BCUT2D eigenvalue weighted by molar-refractivity contribution is -0.122. The molecule has 3 nitrogen and oxygen atoms in total. The van der Waals surface area contributed by atoms with E-state index in [2.05, 4.69) is 10.6 Å². The summed E-state index contributed by atoms with van der Waals surface area (Å²) in [5, 5.41) is 6.05. The molecule has 0 aromatic heterocycles. The number of carbonyl (C=O) groups is 1. The SMILES string of the molecule is CC(C(=O)NCC1CNC1)c1cccc(F)c1. The third-order valence-corrected chi connectivity index (χ3v) is 3.17. The van der Waals surface area contributed by atoms with Crippen LogP contribution in [0.4, 0.5) is 4.39 Å². The van der Waals surface area contributed by atoms with E-state index in [9.17, 15) is 9.18 Å². The van der Waals surface area contributed by atoms with Gasteiger partial charge in [-0.25, -0.2) is 4.39 Å². The van der Waals surface area contributed by atoms with E-state index in [-0.39, 0.29) is 17.6 Å². The minimum absolute atomic E-state index is 0.0394. The van der Waals surface area contributed by atoms with Gasteiger partial charge in [0.2, 0.25) is 5.91 Å². The quantitative estimate of drug-likeness (QED) is 0.826. The van der Waals surface area contributed by atoms with E-state index in [1.54, 1.807) is 19.1 Å². The van der Waals surface area contributed by atoms with Crippen molar-refractivity contribution in [2.24, 2.45) is 5.92 Å². The maximum atomic E-state index is 13.0. The van der Waals surface area contributed by atoms with Crippen molar-refractivity contribution in [3.05, 3.63) is 35.6 Å². The van der Waals surface area contributed by atoms with Crippen LogP contribution < -0.4 is 10.6 Å². The zero-order chi connectivity index (χ0) is 12.3. The zero-order valence-electron chi connectivity index (χ0n) is 9.87. The first-order chi connectivity index (χ1) is 8.16. The van der Waals surface area contributed by atoms with Gasteiger partial charge in [-0.3, -0.25) is 4.79 Å². The third kappa shape index (κ3) is 3.03. The molecule has 0 spiro atoms. The number of hydrogen-bond donors (Lipinski definition) is 2. The van der Waals surface area contributed by atoms with Crippen LogP contribution in [-0.4, -0.2) is 25.5 Å². The topological polar surface area (TPSA) is 41.1 Å². The maximum absolute atomic E-state index is 13.0. The summed E-state index contributed by atoms with van der Waals surface area (Å²) in [6.45, 7) is 4.43. The predicted molar refractivity (Wildman–Crippen MR) is 64.2 cm³/mol. The molecule has 1 unspecified atom stereocenters. The summed E-state index contributed by atoms with van der Waals surface area (Å²) >= 11 is 0. The van der Waals surface area contributed by atoms with E-state index in [1.807, 2.05) is 0 Å². The molecule has 1 saturated heterocycles. The second-order valence-corrected chi connectivity index (χ2v) is 4.55. The normalized spacial score (nSPS) is 17.3. The van der Waals surface area contributed by atoms with Crippen molar-refractivity contribution in [2.75, 3.05) is 19.6 Å². The number of halogens is 1. The van der Waals surface area contributed by atoms with Crippen LogP contribution in [0.5, 0.6) is 0 Å². The van der Waals surface area contributed by atoms with Crippen molar-refractivity contribution in [3.8, 4) is 0 Å². The summed E-state index contributed by atoms with van der Waals surface area (Å²) in [5.74, 6) is -0.106. The molecule has 0 bridgehead atoms. The fraction of sp³-hybridized carbons (Fsp3) is 0.462. The fourth-order valence-corrected chi connectivity index (χ4v) is 1.82. The van der Waals surface area contributed by atoms with Crippen LogP contribution in [0.3, 0.4) is 0 Å². The molecule has 1 aliphatic rings. The minimum atomic E-state index is -0.307. The highest BCUT2D eigenvalue weighted by atomic mass is 19.1. The largest absolute Gasteiger partial charge is 0.355 e. The molecule has 1 heterocycles. The first-order valence-electron chi connectivity index (χ1n) is 5.90. The van der Waals surface area contributed by atoms with Crippen LogP contribution in [-0.2, 0) is 4.79 Å². The molecule has 1 aromatic rings. The summed E-state index contributed by atoms with van der Waals surface area (Å²) < 4.78 is 13.0. The van der Waals surface area contributed by atoms with E-state index in [4.69, 9.17) is 0 Å². The Morgan fingerprint density at radius 1 is 1.59 bits per heavy atom. The number of carbonyl (C=O) groups excluding carboxylic acids is 1.